The van der Waals surface area contributed by atoms with E-state index in [1.165, 1.54) is 5.34 Å². The number of rotatable bonds is 0. The van der Waals surface area contributed by atoms with Gasteiger partial charge in [0.25, 0.3) is 5.09 Å². The van der Waals surface area contributed by atoms with E-state index in [4.69, 9.17) is 25.4 Å². The van der Waals surface area contributed by atoms with Crippen LogP contribution in [0.1, 0.15) is 0 Å². The van der Waals surface area contributed by atoms with Gasteiger partial charge < -0.3 is 15.9 Å². The van der Waals surface area contributed by atoms with E-state index in [0.717, 1.165) is 0 Å². The predicted octanol–water partition coefficient (Wildman–Crippen LogP) is -1.03. The molecule has 0 amide bonds. The first-order valence-corrected chi connectivity index (χ1v) is 0.948. The third-order valence-corrected chi connectivity index (χ3v) is 0. The molecule has 0 heterocycles. The molecule has 0 aliphatic carbocycles. The summed E-state index contributed by atoms with van der Waals surface area (Å²) in [6.07, 6.45) is 0. The van der Waals surface area contributed by atoms with E-state index in [2.05, 4.69) is 0 Å². The molecule has 8 heavy (non-hydrogen) atoms. The number of nitrogens with zero attached hydrogens (tertiary/aromatic N) is 2. The Kier molecular flexibility index (Phi) is 35.3. The van der Waals surface area contributed by atoms with Crippen LogP contribution in [0.25, 0.3) is 0 Å². The zero-order chi connectivity index (χ0) is 6.28. The van der Waals surface area contributed by atoms with Gasteiger partial charge in [-0.15, -0.1) is 15.0 Å². The van der Waals surface area contributed by atoms with Gasteiger partial charge >= 0.3 is 0 Å². The summed E-state index contributed by atoms with van der Waals surface area (Å²) in [5.74, 6) is 0. The topological polar surface area (TPSA) is 145 Å². The molecule has 0 unspecified atom stereocenters. The first kappa shape index (κ1) is 16.0. The molecule has 0 aromatic heterocycles. The lowest BCUT2D eigenvalue weighted by Crippen LogP contribution is -1.81. The van der Waals surface area contributed by atoms with Crippen LogP contribution in [-0.4, -0.2) is 21.0 Å². The van der Waals surface area contributed by atoms with Crippen molar-refractivity contribution in [1.29, 1.82) is 0 Å². The Morgan fingerprint density at radius 2 is 1.62 bits per heavy atom. The fourth-order valence-corrected chi connectivity index (χ4v) is 0. The van der Waals surface area contributed by atoms with E-state index in [1.807, 2.05) is 0 Å². The Morgan fingerprint density at radius 1 is 1.62 bits per heavy atom. The largest absolute Gasteiger partial charge is 0.412 e. The van der Waals surface area contributed by atoms with Crippen LogP contribution in [0, 0.1) is 15.0 Å². The summed E-state index contributed by atoms with van der Waals surface area (Å²) < 4.78 is 0. The van der Waals surface area contributed by atoms with Gasteiger partial charge in [0.05, 0.1) is 0 Å². The monoisotopic (exact) mass is 128 g/mol. The van der Waals surface area contributed by atoms with Gasteiger partial charge in [-0.05, 0) is 0 Å². The molecule has 8 nitrogen and oxygen atoms in total. The van der Waals surface area contributed by atoms with Crippen molar-refractivity contribution in [2.24, 2.45) is 5.34 Å². The molecule has 0 aliphatic rings. The van der Waals surface area contributed by atoms with Gasteiger partial charge in [0.2, 0.25) is 0 Å². The van der Waals surface area contributed by atoms with Crippen LogP contribution in [0.3, 0.4) is 0 Å². The highest BCUT2D eigenvalue weighted by Crippen LogP contribution is 1.38. The van der Waals surface area contributed by atoms with Crippen LogP contribution in [0.15, 0.2) is 5.34 Å². The van der Waals surface area contributed by atoms with Crippen LogP contribution in [-0.2, 0) is 0 Å². The molecule has 0 bridgehead atoms. The van der Waals surface area contributed by atoms with E-state index >= 15 is 0 Å². The van der Waals surface area contributed by atoms with Gasteiger partial charge in [-0.1, -0.05) is 0 Å². The SMILES string of the molecule is O.O=NO.O=[N+]([O-])O. The standard InChI is InChI=1S/HNO3.HNO2.H2O/c2-1(3)4;2-1-3;/h(H,2,3,4);(H,2,3);1H2. The second-order valence-electron chi connectivity index (χ2n) is 0.319. The molecule has 0 radical (unpaired) electrons. The van der Waals surface area contributed by atoms with Crippen molar-refractivity contribution in [3.05, 3.63) is 15.0 Å². The average molecular weight is 128 g/mol. The first-order chi connectivity index (χ1) is 3.15. The van der Waals surface area contributed by atoms with Crippen LogP contribution in [0.5, 0.6) is 0 Å². The van der Waals surface area contributed by atoms with Crippen molar-refractivity contribution in [3.8, 4) is 0 Å². The smallest absolute Gasteiger partial charge is 0.291 e. The van der Waals surface area contributed by atoms with E-state index in [0.29, 0.717) is 0 Å². The van der Waals surface area contributed by atoms with E-state index in [-0.39, 0.29) is 5.48 Å². The summed E-state index contributed by atoms with van der Waals surface area (Å²) in [6, 6.07) is 0. The van der Waals surface area contributed by atoms with Crippen molar-refractivity contribution in [3.63, 3.8) is 0 Å². The van der Waals surface area contributed by atoms with Crippen molar-refractivity contribution in [1.82, 2.24) is 0 Å². The molecular weight excluding hydrogens is 124 g/mol. The van der Waals surface area contributed by atoms with Gasteiger partial charge in [-0.2, -0.15) is 0 Å². The zero-order valence-electron chi connectivity index (χ0n) is 3.51. The minimum Gasteiger partial charge on any atom is -0.412 e. The Balaban J connectivity index is -0.0000000575. The summed E-state index contributed by atoms with van der Waals surface area (Å²) in [4.78, 5) is 16.5. The molecule has 0 aromatic carbocycles. The van der Waals surface area contributed by atoms with Crippen molar-refractivity contribution < 1.29 is 21.0 Å². The molecule has 0 saturated carbocycles. The third kappa shape index (κ3) is 27.9. The quantitative estimate of drug-likeness (QED) is 0.243. The van der Waals surface area contributed by atoms with Gasteiger partial charge in [-0.25, -0.2) is 0 Å². The zero-order valence-corrected chi connectivity index (χ0v) is 3.51. The Bertz CT molecular complexity index is 53.5. The van der Waals surface area contributed by atoms with Crippen molar-refractivity contribution >= 4 is 0 Å². The summed E-state index contributed by atoms with van der Waals surface area (Å²) in [6.45, 7) is 0. The van der Waals surface area contributed by atoms with Crippen molar-refractivity contribution in [2.45, 2.75) is 0 Å². The first-order valence-electron chi connectivity index (χ1n) is 0.948. The Labute approximate surface area is 42.7 Å². The summed E-state index contributed by atoms with van der Waals surface area (Å²) in [5, 5.41) is 21.5. The van der Waals surface area contributed by atoms with Crippen LogP contribution >= 0.6 is 0 Å². The minimum absolute atomic E-state index is 0. The van der Waals surface area contributed by atoms with Crippen molar-refractivity contribution in [2.75, 3.05) is 0 Å². The lowest BCUT2D eigenvalue weighted by atomic mass is 13.1. The Hall–Kier alpha value is -1.44. The summed E-state index contributed by atoms with van der Waals surface area (Å²) in [5.41, 5.74) is 0. The van der Waals surface area contributed by atoms with Gasteiger partial charge in [0.15, 0.2) is 5.34 Å². The van der Waals surface area contributed by atoms with Crippen LogP contribution < -0.4 is 0 Å². The molecule has 0 fully saturated rings. The summed E-state index contributed by atoms with van der Waals surface area (Å²) >= 11 is 0. The summed E-state index contributed by atoms with van der Waals surface area (Å²) in [7, 11) is 0. The molecular formula is H4N2O6. The average Bonchev–Trinajstić information content (AvgIpc) is 1.33. The number of hydrogen-bond donors (Lipinski definition) is 2. The molecule has 0 spiro atoms. The highest BCUT2D eigenvalue weighted by molar-refractivity contribution is 3.84. The van der Waals surface area contributed by atoms with E-state index in [9.17, 15) is 0 Å². The van der Waals surface area contributed by atoms with Gasteiger partial charge in [0, 0.05) is 0 Å². The molecule has 50 valence electrons. The molecule has 8 heteroatoms. The molecule has 4 N–H and O–H groups in total. The van der Waals surface area contributed by atoms with E-state index < -0.39 is 5.09 Å². The predicted molar refractivity (Wildman–Crippen MR) is 20.0 cm³/mol. The van der Waals surface area contributed by atoms with Gasteiger partial charge in [0.1, 0.15) is 0 Å². The normalized spacial score (nSPS) is 4.50. The van der Waals surface area contributed by atoms with E-state index in [1.54, 1.807) is 0 Å². The molecule has 0 aliphatic heterocycles. The number of hydrogen-bond acceptors (Lipinski definition) is 4. The van der Waals surface area contributed by atoms with Gasteiger partial charge in [-0.3, -0.25) is 0 Å². The second-order valence-corrected chi connectivity index (χ2v) is 0.319. The highest BCUT2D eigenvalue weighted by atomic mass is 16.9. The molecule has 0 rings (SSSR count). The third-order valence-electron chi connectivity index (χ3n) is 0. The van der Waals surface area contributed by atoms with Crippen LogP contribution in [0.4, 0.5) is 0 Å². The lowest BCUT2D eigenvalue weighted by Gasteiger charge is -1.56. The second kappa shape index (κ2) is 17.6. The maximum atomic E-state index is 8.36. The fraction of sp³-hybridized carbons (Fsp3) is 0. The molecule has 0 aromatic rings. The van der Waals surface area contributed by atoms with Crippen LogP contribution in [0.2, 0.25) is 0 Å². The molecule has 0 atom stereocenters. The fourth-order valence-electron chi connectivity index (χ4n) is 0. The highest BCUT2D eigenvalue weighted by Gasteiger charge is 1.65. The molecule has 0 saturated heterocycles. The lowest BCUT2D eigenvalue weighted by molar-refractivity contribution is -0.742. The maximum Gasteiger partial charge on any atom is 0.291 e. The minimum atomic E-state index is -1.50. The Morgan fingerprint density at radius 3 is 1.62 bits per heavy atom. The maximum absolute atomic E-state index is 8.36.